The second kappa shape index (κ2) is 7.42. The lowest BCUT2D eigenvalue weighted by molar-refractivity contribution is 0.229. The number of nitrogens with zero attached hydrogens (tertiary/aromatic N) is 5. The first-order valence-corrected chi connectivity index (χ1v) is 7.68. The molecule has 2 rings (SSSR count). The molecule has 1 aromatic carbocycles. The molecular weight excluding hydrogens is 318 g/mol. The third-order valence-corrected chi connectivity index (χ3v) is 4.26. The predicted molar refractivity (Wildman–Crippen MR) is 88.8 cm³/mol. The number of hydrogen-bond donors (Lipinski definition) is 0. The Morgan fingerprint density at radius 1 is 1.18 bits per heavy atom. The van der Waals surface area contributed by atoms with Crippen molar-refractivity contribution in [2.45, 2.75) is 19.5 Å². The number of aryl methyl sites for hydroxylation is 1. The van der Waals surface area contributed by atoms with Crippen molar-refractivity contribution in [1.82, 2.24) is 14.0 Å². The Morgan fingerprint density at radius 3 is 2.41 bits per heavy atom. The summed E-state index contributed by atoms with van der Waals surface area (Å²) >= 11 is 11.6. The average Bonchev–Trinajstić information content (AvgIpc) is 2.74. The number of fused-ring (bicyclic) bond motifs is 1. The van der Waals surface area contributed by atoms with Gasteiger partial charge in [0.2, 0.25) is 0 Å². The number of imidazole rings is 1. The SMILES string of the molecule is Cn1c(=S)n(CN(CCC#N)CCC#N)c2cc(Cl)ccc21. The minimum Gasteiger partial charge on any atom is -0.320 e. The van der Waals surface area contributed by atoms with Crippen molar-refractivity contribution < 1.29 is 0 Å². The second-order valence-electron chi connectivity index (χ2n) is 4.98. The maximum Gasteiger partial charge on any atom is 0.181 e. The van der Waals surface area contributed by atoms with E-state index in [1.165, 1.54) is 0 Å². The average molecular weight is 334 g/mol. The molecule has 0 bridgehead atoms. The molecule has 0 aliphatic heterocycles. The molecule has 0 N–H and O–H groups in total. The number of aromatic nitrogens is 2. The number of rotatable bonds is 6. The quantitative estimate of drug-likeness (QED) is 0.760. The molecule has 0 spiro atoms. The summed E-state index contributed by atoms with van der Waals surface area (Å²) in [6.45, 7) is 1.76. The van der Waals surface area contributed by atoms with Crippen LogP contribution in [0.15, 0.2) is 18.2 Å². The number of nitriles is 2. The summed E-state index contributed by atoms with van der Waals surface area (Å²) in [6, 6.07) is 9.95. The van der Waals surface area contributed by atoms with Gasteiger partial charge in [-0.2, -0.15) is 10.5 Å². The maximum absolute atomic E-state index is 8.78. The van der Waals surface area contributed by atoms with Gasteiger partial charge < -0.3 is 9.13 Å². The highest BCUT2D eigenvalue weighted by atomic mass is 35.5. The predicted octanol–water partition coefficient (Wildman–Crippen LogP) is 3.45. The third kappa shape index (κ3) is 3.48. The Labute approximate surface area is 139 Å². The van der Waals surface area contributed by atoms with Gasteiger partial charge in [-0.1, -0.05) is 11.6 Å². The standard InChI is InChI=1S/C15H16ClN5S/c1-19-13-5-4-12(16)10-14(13)21(15(19)22)11-20(8-2-6-17)9-3-7-18/h4-5,10H,2-3,8-9,11H2,1H3. The van der Waals surface area contributed by atoms with Crippen molar-refractivity contribution in [2.24, 2.45) is 7.05 Å². The molecule has 22 heavy (non-hydrogen) atoms. The lowest BCUT2D eigenvalue weighted by Crippen LogP contribution is -2.28. The fourth-order valence-corrected chi connectivity index (χ4v) is 2.81. The van der Waals surface area contributed by atoms with Crippen molar-refractivity contribution in [2.75, 3.05) is 13.1 Å². The first-order valence-electron chi connectivity index (χ1n) is 6.89. The van der Waals surface area contributed by atoms with Crippen LogP contribution in [0, 0.1) is 27.4 Å². The van der Waals surface area contributed by atoms with Crippen LogP contribution in [0.4, 0.5) is 0 Å². The van der Waals surface area contributed by atoms with Gasteiger partial charge in [0.15, 0.2) is 4.77 Å². The van der Waals surface area contributed by atoms with Gasteiger partial charge in [-0.15, -0.1) is 0 Å². The summed E-state index contributed by atoms with van der Waals surface area (Å²) in [5, 5.41) is 18.2. The highest BCUT2D eigenvalue weighted by Gasteiger charge is 2.12. The Balaban J connectivity index is 2.38. The van der Waals surface area contributed by atoms with E-state index in [1.807, 2.05) is 34.4 Å². The Kier molecular flexibility index (Phi) is 5.57. The van der Waals surface area contributed by atoms with Crippen molar-refractivity contribution >= 4 is 34.9 Å². The molecule has 0 saturated carbocycles. The summed E-state index contributed by atoms with van der Waals surface area (Å²) in [5.41, 5.74) is 1.97. The van der Waals surface area contributed by atoms with Crippen LogP contribution in [0.3, 0.4) is 0 Å². The van der Waals surface area contributed by atoms with Crippen LogP contribution in [0.2, 0.25) is 5.02 Å². The van der Waals surface area contributed by atoms with Gasteiger partial charge in [0.1, 0.15) is 0 Å². The normalized spacial score (nSPS) is 10.8. The van der Waals surface area contributed by atoms with Crippen LogP contribution in [0.5, 0.6) is 0 Å². The molecule has 0 aliphatic carbocycles. The van der Waals surface area contributed by atoms with Crippen molar-refractivity contribution in [1.29, 1.82) is 10.5 Å². The highest BCUT2D eigenvalue weighted by Crippen LogP contribution is 2.22. The largest absolute Gasteiger partial charge is 0.320 e. The molecule has 1 heterocycles. The summed E-state index contributed by atoms with van der Waals surface area (Å²) in [7, 11) is 1.92. The van der Waals surface area contributed by atoms with Crippen LogP contribution >= 0.6 is 23.8 Å². The lowest BCUT2D eigenvalue weighted by atomic mass is 10.3. The van der Waals surface area contributed by atoms with Crippen LogP contribution in [0.1, 0.15) is 12.8 Å². The van der Waals surface area contributed by atoms with E-state index in [2.05, 4.69) is 17.0 Å². The van der Waals surface area contributed by atoms with E-state index in [-0.39, 0.29) is 0 Å². The Hall–Kier alpha value is -1.86. The van der Waals surface area contributed by atoms with E-state index in [9.17, 15) is 0 Å². The number of halogens is 1. The smallest absolute Gasteiger partial charge is 0.181 e. The van der Waals surface area contributed by atoms with Gasteiger partial charge in [0.05, 0.1) is 29.8 Å². The zero-order chi connectivity index (χ0) is 16.1. The van der Waals surface area contributed by atoms with E-state index in [0.717, 1.165) is 11.0 Å². The van der Waals surface area contributed by atoms with E-state index in [4.69, 9.17) is 34.3 Å². The molecule has 114 valence electrons. The van der Waals surface area contributed by atoms with Crippen LogP contribution in [-0.4, -0.2) is 27.1 Å². The Bertz CT molecular complexity index is 790. The molecule has 0 fully saturated rings. The molecular formula is C15H16ClN5S. The molecule has 0 aliphatic rings. The first-order chi connectivity index (χ1) is 10.6. The summed E-state index contributed by atoms with van der Waals surface area (Å²) in [5.74, 6) is 0. The fourth-order valence-electron chi connectivity index (χ4n) is 2.39. The minimum atomic E-state index is 0.421. The zero-order valence-corrected chi connectivity index (χ0v) is 13.9. The van der Waals surface area contributed by atoms with Gasteiger partial charge in [0, 0.05) is 38.0 Å². The van der Waals surface area contributed by atoms with E-state index < -0.39 is 0 Å². The van der Waals surface area contributed by atoms with Crippen molar-refractivity contribution in [3.05, 3.63) is 28.0 Å². The minimum absolute atomic E-state index is 0.421. The molecule has 0 radical (unpaired) electrons. The van der Waals surface area contributed by atoms with Crippen molar-refractivity contribution in [3.63, 3.8) is 0 Å². The molecule has 0 saturated heterocycles. The van der Waals surface area contributed by atoms with Gasteiger partial charge in [-0.3, -0.25) is 4.90 Å². The second-order valence-corrected chi connectivity index (χ2v) is 5.78. The molecule has 7 heteroatoms. The van der Waals surface area contributed by atoms with E-state index in [1.54, 1.807) is 0 Å². The van der Waals surface area contributed by atoms with E-state index in [0.29, 0.717) is 42.4 Å². The van der Waals surface area contributed by atoms with Gasteiger partial charge >= 0.3 is 0 Å². The summed E-state index contributed by atoms with van der Waals surface area (Å²) in [4.78, 5) is 2.06. The van der Waals surface area contributed by atoms with Gasteiger partial charge in [-0.25, -0.2) is 0 Å². The van der Waals surface area contributed by atoms with Crippen LogP contribution in [-0.2, 0) is 13.7 Å². The first kappa shape index (κ1) is 16.5. The molecule has 0 atom stereocenters. The van der Waals surface area contributed by atoms with E-state index >= 15 is 0 Å². The summed E-state index contributed by atoms with van der Waals surface area (Å²) in [6.07, 6.45) is 0.842. The van der Waals surface area contributed by atoms with Crippen LogP contribution < -0.4 is 0 Å². The fraction of sp³-hybridized carbons (Fsp3) is 0.400. The Morgan fingerprint density at radius 2 is 1.82 bits per heavy atom. The molecule has 1 aromatic heterocycles. The highest BCUT2D eigenvalue weighted by molar-refractivity contribution is 7.71. The third-order valence-electron chi connectivity index (χ3n) is 3.53. The number of benzene rings is 1. The molecule has 5 nitrogen and oxygen atoms in total. The number of hydrogen-bond acceptors (Lipinski definition) is 4. The van der Waals surface area contributed by atoms with Crippen molar-refractivity contribution in [3.8, 4) is 12.1 Å². The van der Waals surface area contributed by atoms with Gasteiger partial charge in [0.25, 0.3) is 0 Å². The lowest BCUT2D eigenvalue weighted by Gasteiger charge is -2.20. The topological polar surface area (TPSA) is 60.7 Å². The van der Waals surface area contributed by atoms with Gasteiger partial charge in [-0.05, 0) is 30.4 Å². The maximum atomic E-state index is 8.78. The molecule has 0 unspecified atom stereocenters. The van der Waals surface area contributed by atoms with Crippen LogP contribution in [0.25, 0.3) is 11.0 Å². The summed E-state index contributed by atoms with van der Waals surface area (Å²) < 4.78 is 4.62. The molecule has 0 amide bonds. The zero-order valence-electron chi connectivity index (χ0n) is 12.3. The molecule has 2 aromatic rings. The monoisotopic (exact) mass is 333 g/mol.